The average molecular weight is 299 g/mol. The van der Waals surface area contributed by atoms with Crippen LogP contribution in [0.4, 0.5) is 5.69 Å². The van der Waals surface area contributed by atoms with Crippen molar-refractivity contribution in [1.82, 2.24) is 0 Å². The van der Waals surface area contributed by atoms with E-state index in [1.165, 1.54) is 55.9 Å². The number of phenols is 2. The molecule has 0 heterocycles. The minimum absolute atomic E-state index is 0.0186. The Hall–Kier alpha value is -1.97. The van der Waals surface area contributed by atoms with Crippen LogP contribution in [0.1, 0.15) is 32.1 Å². The lowest BCUT2D eigenvalue weighted by molar-refractivity contribution is -0.112. The summed E-state index contributed by atoms with van der Waals surface area (Å²) >= 11 is 0. The first kappa shape index (κ1) is 13.7. The second kappa shape index (κ2) is 5.04. The van der Waals surface area contributed by atoms with Crippen LogP contribution in [0.15, 0.2) is 29.8 Å². The predicted molar refractivity (Wildman–Crippen MR) is 83.5 cm³/mol. The standard InChI is InChI=1S/C18H21NO3/c20-14-1-2-16(17(21)8-14)19-18(22)9-15-12-4-10-3-11(6-12)7-13(15)5-10/h1-2,8-13,20-21H,3-7H2,(H,19,22). The molecule has 4 heteroatoms. The number of benzene rings is 1. The summed E-state index contributed by atoms with van der Waals surface area (Å²) in [5.74, 6) is 2.63. The summed E-state index contributed by atoms with van der Waals surface area (Å²) < 4.78 is 0. The maximum absolute atomic E-state index is 12.3. The number of allylic oxidation sites excluding steroid dienone is 1. The van der Waals surface area contributed by atoms with Gasteiger partial charge in [-0.2, -0.15) is 0 Å². The molecule has 4 saturated carbocycles. The van der Waals surface area contributed by atoms with Crippen LogP contribution >= 0.6 is 0 Å². The van der Waals surface area contributed by atoms with Gasteiger partial charge in [0.15, 0.2) is 0 Å². The lowest BCUT2D eigenvalue weighted by atomic mass is 9.54. The summed E-state index contributed by atoms with van der Waals surface area (Å²) in [5, 5.41) is 21.8. The molecule has 22 heavy (non-hydrogen) atoms. The minimum Gasteiger partial charge on any atom is -0.508 e. The van der Waals surface area contributed by atoms with E-state index in [9.17, 15) is 15.0 Å². The van der Waals surface area contributed by atoms with Crippen LogP contribution in [0.2, 0.25) is 0 Å². The zero-order chi connectivity index (χ0) is 15.3. The quantitative estimate of drug-likeness (QED) is 0.445. The van der Waals surface area contributed by atoms with E-state index in [0.29, 0.717) is 17.5 Å². The molecule has 116 valence electrons. The third-order valence-corrected chi connectivity index (χ3v) is 5.62. The van der Waals surface area contributed by atoms with Gasteiger partial charge in [0.2, 0.25) is 5.91 Å². The highest BCUT2D eigenvalue weighted by molar-refractivity contribution is 6.00. The summed E-state index contributed by atoms with van der Waals surface area (Å²) in [5.41, 5.74) is 1.66. The van der Waals surface area contributed by atoms with Crippen LogP contribution in [0.25, 0.3) is 0 Å². The Morgan fingerprint density at radius 3 is 2.27 bits per heavy atom. The van der Waals surface area contributed by atoms with E-state index in [-0.39, 0.29) is 17.4 Å². The van der Waals surface area contributed by atoms with Gasteiger partial charge in [-0.3, -0.25) is 4.79 Å². The van der Waals surface area contributed by atoms with E-state index >= 15 is 0 Å². The number of carbonyl (C=O) groups is 1. The number of carbonyl (C=O) groups excluding carboxylic acids is 1. The topological polar surface area (TPSA) is 69.6 Å². The molecule has 1 aromatic carbocycles. The Morgan fingerprint density at radius 1 is 1.05 bits per heavy atom. The molecule has 4 nitrogen and oxygen atoms in total. The minimum atomic E-state index is -0.177. The van der Waals surface area contributed by atoms with Crippen molar-refractivity contribution in [3.63, 3.8) is 0 Å². The molecule has 0 radical (unpaired) electrons. The van der Waals surface area contributed by atoms with E-state index in [0.717, 1.165) is 11.8 Å². The Bertz CT molecular complexity index is 620. The molecule has 4 bridgehead atoms. The van der Waals surface area contributed by atoms with Crippen molar-refractivity contribution >= 4 is 11.6 Å². The molecule has 4 aliphatic rings. The van der Waals surface area contributed by atoms with Crippen molar-refractivity contribution in [3.05, 3.63) is 29.8 Å². The molecular weight excluding hydrogens is 278 g/mol. The molecule has 0 atom stereocenters. The lowest BCUT2D eigenvalue weighted by Crippen LogP contribution is -2.40. The molecule has 0 aliphatic heterocycles. The number of anilines is 1. The van der Waals surface area contributed by atoms with Crippen LogP contribution in [0, 0.1) is 23.7 Å². The highest BCUT2D eigenvalue weighted by Gasteiger charge is 2.45. The molecule has 4 fully saturated rings. The van der Waals surface area contributed by atoms with Gasteiger partial charge in [-0.15, -0.1) is 0 Å². The van der Waals surface area contributed by atoms with Crippen LogP contribution in [0.3, 0.4) is 0 Å². The number of nitrogens with one attached hydrogen (secondary N) is 1. The van der Waals surface area contributed by atoms with Gasteiger partial charge in [0.05, 0.1) is 5.69 Å². The highest BCUT2D eigenvalue weighted by Crippen LogP contribution is 2.56. The van der Waals surface area contributed by atoms with Gasteiger partial charge >= 0.3 is 0 Å². The Labute approximate surface area is 129 Å². The number of hydrogen-bond acceptors (Lipinski definition) is 3. The summed E-state index contributed by atoms with van der Waals surface area (Å²) in [4.78, 5) is 12.3. The smallest absolute Gasteiger partial charge is 0.248 e. The average Bonchev–Trinajstić information content (AvgIpc) is 2.45. The van der Waals surface area contributed by atoms with Gasteiger partial charge in [0, 0.05) is 12.1 Å². The first-order valence-corrected chi connectivity index (χ1v) is 8.13. The van der Waals surface area contributed by atoms with Gasteiger partial charge in [-0.25, -0.2) is 0 Å². The van der Waals surface area contributed by atoms with Crippen molar-refractivity contribution in [2.24, 2.45) is 23.7 Å². The Kier molecular flexibility index (Phi) is 3.13. The summed E-state index contributed by atoms with van der Waals surface area (Å²) in [6.45, 7) is 0. The molecule has 1 aromatic rings. The van der Waals surface area contributed by atoms with Gasteiger partial charge in [-0.1, -0.05) is 5.57 Å². The third kappa shape index (κ3) is 2.36. The molecule has 0 aromatic heterocycles. The third-order valence-electron chi connectivity index (χ3n) is 5.62. The molecule has 5 rings (SSSR count). The van der Waals surface area contributed by atoms with Crippen LogP contribution < -0.4 is 5.32 Å². The SMILES string of the molecule is O=C(C=C1C2CC3CC(C2)CC1C3)Nc1ccc(O)cc1O. The van der Waals surface area contributed by atoms with Crippen molar-refractivity contribution in [1.29, 1.82) is 0 Å². The van der Waals surface area contributed by atoms with Crippen molar-refractivity contribution < 1.29 is 15.0 Å². The van der Waals surface area contributed by atoms with E-state index in [1.807, 2.05) is 0 Å². The fourth-order valence-corrected chi connectivity index (χ4v) is 4.91. The monoisotopic (exact) mass is 299 g/mol. The van der Waals surface area contributed by atoms with Gasteiger partial charge in [0.1, 0.15) is 11.5 Å². The number of aromatic hydroxyl groups is 2. The highest BCUT2D eigenvalue weighted by atomic mass is 16.3. The Balaban J connectivity index is 1.51. The Morgan fingerprint density at radius 2 is 1.68 bits per heavy atom. The molecule has 4 aliphatic carbocycles. The molecule has 0 spiro atoms. The molecular formula is C18H21NO3. The second-order valence-electron chi connectivity index (χ2n) is 7.14. The van der Waals surface area contributed by atoms with Crippen molar-refractivity contribution in [2.75, 3.05) is 5.32 Å². The fourth-order valence-electron chi connectivity index (χ4n) is 4.91. The molecule has 3 N–H and O–H groups in total. The van der Waals surface area contributed by atoms with E-state index < -0.39 is 0 Å². The van der Waals surface area contributed by atoms with Crippen molar-refractivity contribution in [2.45, 2.75) is 32.1 Å². The number of hydrogen-bond donors (Lipinski definition) is 3. The zero-order valence-corrected chi connectivity index (χ0v) is 12.5. The normalized spacial score (nSPS) is 32.1. The van der Waals surface area contributed by atoms with Crippen LogP contribution in [-0.4, -0.2) is 16.1 Å². The summed E-state index contributed by atoms with van der Waals surface area (Å²) in [6, 6.07) is 4.19. The molecule has 0 unspecified atom stereocenters. The predicted octanol–water partition coefficient (Wildman–Crippen LogP) is 3.42. The number of rotatable bonds is 2. The van der Waals surface area contributed by atoms with Gasteiger partial charge < -0.3 is 15.5 Å². The van der Waals surface area contributed by atoms with E-state index in [1.54, 1.807) is 6.08 Å². The summed E-state index contributed by atoms with van der Waals surface area (Å²) in [7, 11) is 0. The maximum atomic E-state index is 12.3. The van der Waals surface area contributed by atoms with E-state index in [2.05, 4.69) is 5.32 Å². The zero-order valence-electron chi connectivity index (χ0n) is 12.5. The van der Waals surface area contributed by atoms with E-state index in [4.69, 9.17) is 0 Å². The summed E-state index contributed by atoms with van der Waals surface area (Å²) in [6.07, 6.45) is 8.15. The molecule has 1 amide bonds. The van der Waals surface area contributed by atoms with Gasteiger partial charge in [0.25, 0.3) is 0 Å². The number of phenolic OH excluding ortho intramolecular Hbond substituents is 2. The molecule has 0 saturated heterocycles. The van der Waals surface area contributed by atoms with Crippen LogP contribution in [-0.2, 0) is 4.79 Å². The maximum Gasteiger partial charge on any atom is 0.248 e. The second-order valence-corrected chi connectivity index (χ2v) is 7.14. The first-order valence-electron chi connectivity index (χ1n) is 8.13. The van der Waals surface area contributed by atoms with Crippen LogP contribution in [0.5, 0.6) is 11.5 Å². The van der Waals surface area contributed by atoms with Crippen molar-refractivity contribution in [3.8, 4) is 11.5 Å². The lowest BCUT2D eigenvalue weighted by Gasteiger charge is -2.51. The number of amides is 1. The van der Waals surface area contributed by atoms with Gasteiger partial charge in [-0.05, 0) is 67.9 Å². The fraction of sp³-hybridized carbons (Fsp3) is 0.500. The largest absolute Gasteiger partial charge is 0.508 e. The first-order chi connectivity index (χ1) is 10.6.